The van der Waals surface area contributed by atoms with Gasteiger partial charge in [0.1, 0.15) is 5.82 Å². The smallest absolute Gasteiger partial charge is 0.289 e. The Balaban J connectivity index is 1.63. The molecular formula is C19H20BrFN2O3. The maximum atomic E-state index is 13.0. The fraction of sp³-hybridized carbons (Fsp3) is 0.368. The third kappa shape index (κ3) is 4.15. The summed E-state index contributed by atoms with van der Waals surface area (Å²) in [6.07, 6.45) is 1.45. The van der Waals surface area contributed by atoms with Crippen molar-refractivity contribution in [2.45, 2.75) is 26.3 Å². The van der Waals surface area contributed by atoms with Gasteiger partial charge in [0.2, 0.25) is 5.91 Å². The maximum absolute atomic E-state index is 13.0. The van der Waals surface area contributed by atoms with Crippen LogP contribution in [0.3, 0.4) is 0 Å². The Hall–Kier alpha value is -2.15. The van der Waals surface area contributed by atoms with E-state index in [0.717, 1.165) is 12.0 Å². The Kier molecular flexibility index (Phi) is 5.46. The first-order chi connectivity index (χ1) is 12.4. The van der Waals surface area contributed by atoms with Gasteiger partial charge >= 0.3 is 0 Å². The van der Waals surface area contributed by atoms with E-state index in [-0.39, 0.29) is 23.4 Å². The molecule has 1 aliphatic heterocycles. The summed E-state index contributed by atoms with van der Waals surface area (Å²) in [4.78, 5) is 27.0. The number of nitrogens with one attached hydrogen (secondary N) is 1. The maximum Gasteiger partial charge on any atom is 0.289 e. The normalized spacial score (nSPS) is 20.0. The van der Waals surface area contributed by atoms with Crippen molar-refractivity contribution in [2.24, 2.45) is 5.41 Å². The Labute approximate surface area is 159 Å². The van der Waals surface area contributed by atoms with Crippen molar-refractivity contribution in [3.8, 4) is 0 Å². The van der Waals surface area contributed by atoms with Gasteiger partial charge < -0.3 is 14.6 Å². The standard InChI is InChI=1S/C19H20BrFN2O3/c1-19(18(25)22-11-13-3-5-14(21)6-4-13)9-2-10-23(12-19)17(24)15-7-8-16(20)26-15/h3-8H,2,9-12H2,1H3,(H,22,25)/t19-/m1/s1. The Morgan fingerprint density at radius 3 is 2.65 bits per heavy atom. The zero-order valence-corrected chi connectivity index (χ0v) is 16.0. The number of nitrogens with zero attached hydrogens (tertiary/aromatic N) is 1. The van der Waals surface area contributed by atoms with E-state index in [4.69, 9.17) is 4.42 Å². The summed E-state index contributed by atoms with van der Waals surface area (Å²) in [6.45, 7) is 3.12. The summed E-state index contributed by atoms with van der Waals surface area (Å²) in [5.74, 6) is -0.376. The lowest BCUT2D eigenvalue weighted by Crippen LogP contribution is -2.51. The van der Waals surface area contributed by atoms with E-state index in [0.29, 0.717) is 30.7 Å². The fourth-order valence-corrected chi connectivity index (χ4v) is 3.49. The summed E-state index contributed by atoms with van der Waals surface area (Å²) >= 11 is 3.19. The van der Waals surface area contributed by atoms with Gasteiger partial charge in [0.05, 0.1) is 5.41 Å². The molecule has 0 saturated carbocycles. The molecule has 0 unspecified atom stereocenters. The minimum absolute atomic E-state index is 0.111. The summed E-state index contributed by atoms with van der Waals surface area (Å²) in [7, 11) is 0. The van der Waals surface area contributed by atoms with Gasteiger partial charge in [0, 0.05) is 19.6 Å². The molecule has 138 valence electrons. The Morgan fingerprint density at radius 1 is 1.27 bits per heavy atom. The molecule has 0 bridgehead atoms. The predicted octanol–water partition coefficient (Wildman–Crippen LogP) is 3.74. The van der Waals surface area contributed by atoms with Gasteiger partial charge in [-0.1, -0.05) is 12.1 Å². The topological polar surface area (TPSA) is 62.6 Å². The minimum Gasteiger partial charge on any atom is -0.444 e. The average molecular weight is 423 g/mol. The second-order valence-electron chi connectivity index (χ2n) is 6.80. The van der Waals surface area contributed by atoms with Crippen LogP contribution in [0.1, 0.15) is 35.9 Å². The number of furan rings is 1. The third-order valence-corrected chi connectivity index (χ3v) is 5.11. The van der Waals surface area contributed by atoms with E-state index in [1.165, 1.54) is 12.1 Å². The van der Waals surface area contributed by atoms with Crippen molar-refractivity contribution >= 4 is 27.7 Å². The molecule has 1 aromatic carbocycles. The molecule has 26 heavy (non-hydrogen) atoms. The van der Waals surface area contributed by atoms with Crippen molar-refractivity contribution in [2.75, 3.05) is 13.1 Å². The molecule has 1 aliphatic rings. The number of hydrogen-bond acceptors (Lipinski definition) is 3. The van der Waals surface area contributed by atoms with E-state index >= 15 is 0 Å². The fourth-order valence-electron chi connectivity index (χ4n) is 3.18. The van der Waals surface area contributed by atoms with E-state index < -0.39 is 5.41 Å². The number of carbonyl (C=O) groups excluding carboxylic acids is 2. The van der Waals surface area contributed by atoms with Crippen molar-refractivity contribution in [3.63, 3.8) is 0 Å². The average Bonchev–Trinajstić information content (AvgIpc) is 3.06. The molecule has 1 saturated heterocycles. The molecular weight excluding hydrogens is 403 g/mol. The van der Waals surface area contributed by atoms with Gasteiger partial charge in [-0.25, -0.2) is 4.39 Å². The number of halogens is 2. The van der Waals surface area contributed by atoms with Crippen LogP contribution in [0.2, 0.25) is 0 Å². The highest BCUT2D eigenvalue weighted by Crippen LogP contribution is 2.31. The lowest BCUT2D eigenvalue weighted by molar-refractivity contribution is -0.132. The van der Waals surface area contributed by atoms with Crippen LogP contribution in [0.5, 0.6) is 0 Å². The summed E-state index contributed by atoms with van der Waals surface area (Å²) in [5.41, 5.74) is 0.158. The van der Waals surface area contributed by atoms with Crippen LogP contribution in [0, 0.1) is 11.2 Å². The molecule has 7 heteroatoms. The van der Waals surface area contributed by atoms with Crippen molar-refractivity contribution < 1.29 is 18.4 Å². The van der Waals surface area contributed by atoms with Crippen LogP contribution in [0.4, 0.5) is 4.39 Å². The first kappa shape index (κ1) is 18.6. The summed E-state index contributed by atoms with van der Waals surface area (Å²) in [5, 5.41) is 2.90. The SMILES string of the molecule is C[C@@]1(C(=O)NCc2ccc(F)cc2)CCCN(C(=O)c2ccc(Br)o2)C1. The van der Waals surface area contributed by atoms with Gasteiger partial charge in [-0.15, -0.1) is 0 Å². The third-order valence-electron chi connectivity index (χ3n) is 4.68. The van der Waals surface area contributed by atoms with Crippen molar-refractivity contribution in [1.82, 2.24) is 10.2 Å². The number of carbonyl (C=O) groups is 2. The predicted molar refractivity (Wildman–Crippen MR) is 97.9 cm³/mol. The second-order valence-corrected chi connectivity index (χ2v) is 7.59. The molecule has 0 aliphatic carbocycles. The number of benzene rings is 1. The van der Waals surface area contributed by atoms with Crippen LogP contribution in [0.15, 0.2) is 45.5 Å². The van der Waals surface area contributed by atoms with E-state index in [2.05, 4.69) is 21.2 Å². The molecule has 1 aromatic heterocycles. The van der Waals surface area contributed by atoms with Gasteiger partial charge in [0.25, 0.3) is 5.91 Å². The Bertz CT molecular complexity index is 805. The number of amides is 2. The monoisotopic (exact) mass is 422 g/mol. The molecule has 0 spiro atoms. The molecule has 2 amide bonds. The van der Waals surface area contributed by atoms with Gasteiger partial charge in [0.15, 0.2) is 10.4 Å². The zero-order chi connectivity index (χ0) is 18.7. The highest BCUT2D eigenvalue weighted by Gasteiger charge is 2.39. The van der Waals surface area contributed by atoms with Crippen LogP contribution >= 0.6 is 15.9 Å². The first-order valence-corrected chi connectivity index (χ1v) is 9.24. The molecule has 2 aromatic rings. The lowest BCUT2D eigenvalue weighted by atomic mass is 9.80. The van der Waals surface area contributed by atoms with Crippen LogP contribution < -0.4 is 5.32 Å². The van der Waals surface area contributed by atoms with Crippen LogP contribution in [-0.4, -0.2) is 29.8 Å². The second kappa shape index (κ2) is 7.61. The molecule has 1 N–H and O–H groups in total. The molecule has 5 nitrogen and oxygen atoms in total. The van der Waals surface area contributed by atoms with E-state index in [9.17, 15) is 14.0 Å². The number of hydrogen-bond donors (Lipinski definition) is 1. The molecule has 1 fully saturated rings. The van der Waals surface area contributed by atoms with Crippen LogP contribution in [0.25, 0.3) is 0 Å². The van der Waals surface area contributed by atoms with Gasteiger partial charge in [-0.2, -0.15) is 0 Å². The van der Waals surface area contributed by atoms with Crippen molar-refractivity contribution in [1.29, 1.82) is 0 Å². The molecule has 0 radical (unpaired) electrons. The number of piperidine rings is 1. The quantitative estimate of drug-likeness (QED) is 0.815. The summed E-state index contributed by atoms with van der Waals surface area (Å²) < 4.78 is 18.8. The zero-order valence-electron chi connectivity index (χ0n) is 14.4. The van der Waals surface area contributed by atoms with E-state index in [1.54, 1.807) is 29.2 Å². The van der Waals surface area contributed by atoms with Crippen LogP contribution in [-0.2, 0) is 11.3 Å². The highest BCUT2D eigenvalue weighted by molar-refractivity contribution is 9.10. The minimum atomic E-state index is -0.669. The number of likely N-dealkylation sites (tertiary alicyclic amines) is 1. The molecule has 2 heterocycles. The van der Waals surface area contributed by atoms with E-state index in [1.807, 2.05) is 6.92 Å². The molecule has 3 rings (SSSR count). The lowest BCUT2D eigenvalue weighted by Gasteiger charge is -2.39. The van der Waals surface area contributed by atoms with Crippen molar-refractivity contribution in [3.05, 3.63) is 58.2 Å². The highest BCUT2D eigenvalue weighted by atomic mass is 79.9. The van der Waals surface area contributed by atoms with Gasteiger partial charge in [-0.3, -0.25) is 9.59 Å². The summed E-state index contributed by atoms with van der Waals surface area (Å²) in [6, 6.07) is 9.31. The first-order valence-electron chi connectivity index (χ1n) is 8.45. The van der Waals surface area contributed by atoms with Gasteiger partial charge in [-0.05, 0) is 65.5 Å². The molecule has 1 atom stereocenters. The Morgan fingerprint density at radius 2 is 2.00 bits per heavy atom. The number of rotatable bonds is 4. The largest absolute Gasteiger partial charge is 0.444 e.